The molecule has 0 aliphatic carbocycles. The number of carbonyl (C=O) groups excluding carboxylic acids is 1. The summed E-state index contributed by atoms with van der Waals surface area (Å²) in [5.41, 5.74) is 10.1. The molecule has 5 nitrogen and oxygen atoms in total. The molecule has 142 valence electrons. The second-order valence-corrected chi connectivity index (χ2v) is 7.57. The van der Waals surface area contributed by atoms with Crippen LogP contribution in [0.25, 0.3) is 22.0 Å². The number of nitrogens with two attached hydrogens (primary N) is 1. The molecule has 0 saturated carbocycles. The fraction of sp³-hybridized carbons (Fsp3) is 0.182. The van der Waals surface area contributed by atoms with Crippen molar-refractivity contribution in [1.29, 1.82) is 0 Å². The Morgan fingerprint density at radius 3 is 2.54 bits per heavy atom. The van der Waals surface area contributed by atoms with Crippen molar-refractivity contribution in [3.63, 3.8) is 0 Å². The van der Waals surface area contributed by atoms with Crippen LogP contribution in [0.15, 0.2) is 61.1 Å². The van der Waals surface area contributed by atoms with Crippen LogP contribution in [0.2, 0.25) is 5.02 Å². The number of amides is 1. The number of halogens is 1. The summed E-state index contributed by atoms with van der Waals surface area (Å²) in [6.45, 7) is 4.87. The number of carbonyl (C=O) groups is 1. The maximum atomic E-state index is 12.1. The minimum Gasteiger partial charge on any atom is -0.366 e. The molecule has 0 unspecified atom stereocenters. The Hall–Kier alpha value is -3.05. The van der Waals surface area contributed by atoms with Gasteiger partial charge in [-0.25, -0.2) is 0 Å². The van der Waals surface area contributed by atoms with Crippen molar-refractivity contribution in [2.75, 3.05) is 0 Å². The Bertz CT molecular complexity index is 1140. The molecule has 6 heteroatoms. The molecule has 0 fully saturated rings. The van der Waals surface area contributed by atoms with Gasteiger partial charge in [-0.1, -0.05) is 35.9 Å². The largest absolute Gasteiger partial charge is 0.366 e. The smallest absolute Gasteiger partial charge is 0.249 e. The van der Waals surface area contributed by atoms with Gasteiger partial charge in [0, 0.05) is 30.0 Å². The van der Waals surface area contributed by atoms with E-state index in [0.29, 0.717) is 22.5 Å². The molecule has 0 saturated heterocycles. The highest BCUT2D eigenvalue weighted by atomic mass is 35.5. The van der Waals surface area contributed by atoms with Gasteiger partial charge in [-0.15, -0.1) is 0 Å². The molecule has 4 rings (SSSR count). The molecule has 1 amide bonds. The summed E-state index contributed by atoms with van der Waals surface area (Å²) in [6.07, 6.45) is 5.56. The number of rotatable bonds is 5. The standard InChI is InChI=1S/C22H21ClN4O/c1-14(2)27-13-19(23)21-18(22(24)28)10-17(11-20(21)27)16-6-4-15(5-7-16)12-26-9-3-8-25-26/h3-11,13-14H,12H2,1-2H3,(H2,24,28). The lowest BCUT2D eigenvalue weighted by Gasteiger charge is -2.12. The van der Waals surface area contributed by atoms with Gasteiger partial charge in [0.2, 0.25) is 5.91 Å². The van der Waals surface area contributed by atoms with Crippen LogP contribution in [-0.4, -0.2) is 20.3 Å². The SMILES string of the molecule is CC(C)n1cc(Cl)c2c(C(N)=O)cc(-c3ccc(Cn4cccn4)cc3)cc21. The van der Waals surface area contributed by atoms with E-state index in [1.807, 2.05) is 29.2 Å². The monoisotopic (exact) mass is 392 g/mol. The van der Waals surface area contributed by atoms with E-state index < -0.39 is 5.91 Å². The molecule has 2 aromatic carbocycles. The van der Waals surface area contributed by atoms with Crippen LogP contribution in [0.1, 0.15) is 35.8 Å². The van der Waals surface area contributed by atoms with Crippen molar-refractivity contribution in [3.8, 4) is 11.1 Å². The van der Waals surface area contributed by atoms with Crippen molar-refractivity contribution in [2.24, 2.45) is 5.73 Å². The molecule has 0 atom stereocenters. The summed E-state index contributed by atoms with van der Waals surface area (Å²) in [4.78, 5) is 12.1. The average molecular weight is 393 g/mol. The lowest BCUT2D eigenvalue weighted by atomic mass is 9.98. The minimum absolute atomic E-state index is 0.211. The number of hydrogen-bond acceptors (Lipinski definition) is 2. The fourth-order valence-electron chi connectivity index (χ4n) is 3.51. The van der Waals surface area contributed by atoms with Crippen molar-refractivity contribution in [2.45, 2.75) is 26.4 Å². The van der Waals surface area contributed by atoms with E-state index in [2.05, 4.69) is 53.8 Å². The van der Waals surface area contributed by atoms with Gasteiger partial charge in [0.25, 0.3) is 0 Å². The molecular weight excluding hydrogens is 372 g/mol. The van der Waals surface area contributed by atoms with Crippen LogP contribution in [-0.2, 0) is 6.54 Å². The predicted octanol–water partition coefficient (Wildman–Crippen LogP) is 4.89. The van der Waals surface area contributed by atoms with Crippen LogP contribution < -0.4 is 5.73 Å². The number of hydrogen-bond donors (Lipinski definition) is 1. The maximum Gasteiger partial charge on any atom is 0.249 e. The molecule has 2 N–H and O–H groups in total. The van der Waals surface area contributed by atoms with E-state index in [1.54, 1.807) is 6.20 Å². The van der Waals surface area contributed by atoms with E-state index >= 15 is 0 Å². The van der Waals surface area contributed by atoms with Gasteiger partial charge in [0.15, 0.2) is 0 Å². The first-order valence-electron chi connectivity index (χ1n) is 9.14. The van der Waals surface area contributed by atoms with Crippen molar-refractivity contribution in [3.05, 3.63) is 77.2 Å². The van der Waals surface area contributed by atoms with E-state index in [4.69, 9.17) is 17.3 Å². The Kier molecular flexibility index (Phi) is 4.69. The first-order chi connectivity index (χ1) is 13.4. The summed E-state index contributed by atoms with van der Waals surface area (Å²) in [5, 5.41) is 5.49. The van der Waals surface area contributed by atoms with Gasteiger partial charge in [0.05, 0.1) is 22.6 Å². The van der Waals surface area contributed by atoms with Gasteiger partial charge < -0.3 is 10.3 Å². The summed E-state index contributed by atoms with van der Waals surface area (Å²) >= 11 is 6.42. The molecule has 2 heterocycles. The lowest BCUT2D eigenvalue weighted by Crippen LogP contribution is -2.12. The summed E-state index contributed by atoms with van der Waals surface area (Å²) in [6, 6.07) is 14.2. The number of fused-ring (bicyclic) bond motifs is 1. The fourth-order valence-corrected chi connectivity index (χ4v) is 3.81. The van der Waals surface area contributed by atoms with E-state index in [1.165, 1.54) is 0 Å². The molecule has 0 aliphatic heterocycles. The average Bonchev–Trinajstić information content (AvgIpc) is 3.29. The lowest BCUT2D eigenvalue weighted by molar-refractivity contribution is 0.100. The highest BCUT2D eigenvalue weighted by molar-refractivity contribution is 6.37. The Morgan fingerprint density at radius 1 is 1.18 bits per heavy atom. The number of nitrogens with zero attached hydrogens (tertiary/aromatic N) is 3. The maximum absolute atomic E-state index is 12.1. The second kappa shape index (κ2) is 7.17. The van der Waals surface area contributed by atoms with Gasteiger partial charge in [-0.3, -0.25) is 9.48 Å². The normalized spacial score (nSPS) is 11.4. The molecule has 4 aromatic rings. The zero-order chi connectivity index (χ0) is 19.8. The van der Waals surface area contributed by atoms with Gasteiger partial charge in [0.1, 0.15) is 0 Å². The molecule has 0 spiro atoms. The Labute approximate surface area is 168 Å². The summed E-state index contributed by atoms with van der Waals surface area (Å²) < 4.78 is 3.95. The Morgan fingerprint density at radius 2 is 1.93 bits per heavy atom. The zero-order valence-electron chi connectivity index (χ0n) is 15.8. The first kappa shape index (κ1) is 18.3. The third-order valence-corrected chi connectivity index (χ3v) is 5.19. The number of aromatic nitrogens is 3. The van der Waals surface area contributed by atoms with E-state index in [-0.39, 0.29) is 6.04 Å². The van der Waals surface area contributed by atoms with Crippen LogP contribution in [0.4, 0.5) is 0 Å². The zero-order valence-corrected chi connectivity index (χ0v) is 16.5. The molecule has 28 heavy (non-hydrogen) atoms. The Balaban J connectivity index is 1.80. The molecular formula is C22H21ClN4O. The van der Waals surface area contributed by atoms with Crippen molar-refractivity contribution < 1.29 is 4.79 Å². The molecule has 0 bridgehead atoms. The third kappa shape index (κ3) is 3.29. The van der Waals surface area contributed by atoms with Crippen molar-refractivity contribution >= 4 is 28.4 Å². The van der Waals surface area contributed by atoms with E-state index in [0.717, 1.165) is 22.2 Å². The number of benzene rings is 2. The summed E-state index contributed by atoms with van der Waals surface area (Å²) in [7, 11) is 0. The predicted molar refractivity (Wildman–Crippen MR) is 113 cm³/mol. The van der Waals surface area contributed by atoms with Crippen LogP contribution >= 0.6 is 11.6 Å². The third-order valence-electron chi connectivity index (χ3n) is 4.90. The summed E-state index contributed by atoms with van der Waals surface area (Å²) in [5.74, 6) is -0.481. The van der Waals surface area contributed by atoms with Gasteiger partial charge in [-0.05, 0) is 48.7 Å². The quantitative estimate of drug-likeness (QED) is 0.525. The van der Waals surface area contributed by atoms with E-state index in [9.17, 15) is 4.79 Å². The highest BCUT2D eigenvalue weighted by Gasteiger charge is 2.18. The molecule has 0 radical (unpaired) electrons. The highest BCUT2D eigenvalue weighted by Crippen LogP contribution is 2.35. The molecule has 0 aliphatic rings. The van der Waals surface area contributed by atoms with Gasteiger partial charge in [-0.2, -0.15) is 5.10 Å². The molecule has 2 aromatic heterocycles. The topological polar surface area (TPSA) is 65.8 Å². The van der Waals surface area contributed by atoms with Crippen LogP contribution in [0, 0.1) is 0 Å². The van der Waals surface area contributed by atoms with Gasteiger partial charge >= 0.3 is 0 Å². The first-order valence-corrected chi connectivity index (χ1v) is 9.52. The minimum atomic E-state index is -0.481. The van der Waals surface area contributed by atoms with Crippen molar-refractivity contribution in [1.82, 2.24) is 14.3 Å². The number of primary amides is 1. The second-order valence-electron chi connectivity index (χ2n) is 7.16. The van der Waals surface area contributed by atoms with Crippen LogP contribution in [0.3, 0.4) is 0 Å². The van der Waals surface area contributed by atoms with Crippen LogP contribution in [0.5, 0.6) is 0 Å².